The van der Waals surface area contributed by atoms with Crippen molar-refractivity contribution in [3.05, 3.63) is 35.9 Å². The third-order valence-corrected chi connectivity index (χ3v) is 5.81. The Bertz CT molecular complexity index is 859. The van der Waals surface area contributed by atoms with Gasteiger partial charge in [-0.2, -0.15) is 0 Å². The average molecular weight is 492 g/mol. The van der Waals surface area contributed by atoms with E-state index in [1.165, 1.54) is 6.92 Å². The monoisotopic (exact) mass is 491 g/mol. The van der Waals surface area contributed by atoms with Crippen LogP contribution in [0.25, 0.3) is 0 Å². The van der Waals surface area contributed by atoms with Crippen LogP contribution >= 0.6 is 0 Å². The molecule has 0 aliphatic heterocycles. The molecule has 5 atom stereocenters. The van der Waals surface area contributed by atoms with Crippen LogP contribution in [0.3, 0.4) is 0 Å². The molecule has 1 aromatic carbocycles. The highest BCUT2D eigenvalue weighted by Crippen LogP contribution is 2.18. The standard InChI is InChI=1S/C25H41N5O5/c1-14(2)21(23(28)33)29-24(34)22(15(3)4)30(25(35)16(5)26)20(32)12-11-19(31)18(27)13-17-9-7-6-8-10-17/h6-10,14-16,18-19,21-22,31H,11-13,26-27H2,1-5H3,(H2,28,33)(H,29,34). The number of nitrogens with two attached hydrogens (primary N) is 3. The fourth-order valence-corrected chi connectivity index (χ4v) is 3.79. The molecule has 0 aliphatic carbocycles. The summed E-state index contributed by atoms with van der Waals surface area (Å²) in [4.78, 5) is 51.9. The van der Waals surface area contributed by atoms with Crippen molar-refractivity contribution in [3.8, 4) is 0 Å². The number of aliphatic hydroxyl groups is 1. The molecule has 10 nitrogen and oxygen atoms in total. The fraction of sp³-hybridized carbons (Fsp3) is 0.600. The van der Waals surface area contributed by atoms with Crippen LogP contribution in [-0.4, -0.2) is 63.9 Å². The number of imide groups is 1. The minimum absolute atomic E-state index is 0.00208. The molecule has 0 saturated heterocycles. The molecule has 10 heteroatoms. The number of primary amides is 1. The van der Waals surface area contributed by atoms with Crippen LogP contribution in [0.2, 0.25) is 0 Å². The van der Waals surface area contributed by atoms with Crippen LogP contribution in [0, 0.1) is 11.8 Å². The van der Waals surface area contributed by atoms with Gasteiger partial charge in [0.15, 0.2) is 0 Å². The molecular weight excluding hydrogens is 450 g/mol. The second kappa shape index (κ2) is 13.9. The number of hydrogen-bond acceptors (Lipinski definition) is 7. The summed E-state index contributed by atoms with van der Waals surface area (Å²) < 4.78 is 0. The van der Waals surface area contributed by atoms with E-state index in [0.29, 0.717) is 6.42 Å². The third-order valence-electron chi connectivity index (χ3n) is 5.81. The number of nitrogens with one attached hydrogen (secondary N) is 1. The SMILES string of the molecule is CC(N)C(=O)N(C(=O)CCC(O)C(N)Cc1ccccc1)C(C(=O)NC(C(N)=O)C(C)C)C(C)C. The maximum atomic E-state index is 13.2. The number of carbonyl (C=O) groups is 4. The highest BCUT2D eigenvalue weighted by Gasteiger charge is 2.39. The second-order valence-electron chi connectivity index (χ2n) is 9.67. The Kier molecular flexibility index (Phi) is 12.0. The van der Waals surface area contributed by atoms with Gasteiger partial charge in [-0.3, -0.25) is 24.1 Å². The van der Waals surface area contributed by atoms with Crippen molar-refractivity contribution in [1.29, 1.82) is 0 Å². The van der Waals surface area contributed by atoms with Crippen LogP contribution in [0.1, 0.15) is 53.0 Å². The van der Waals surface area contributed by atoms with E-state index in [1.54, 1.807) is 27.7 Å². The van der Waals surface area contributed by atoms with Crippen molar-refractivity contribution >= 4 is 23.6 Å². The Morgan fingerprint density at radius 2 is 1.54 bits per heavy atom. The van der Waals surface area contributed by atoms with E-state index in [0.717, 1.165) is 10.5 Å². The Hall–Kier alpha value is -2.82. The van der Waals surface area contributed by atoms with Gasteiger partial charge >= 0.3 is 0 Å². The first-order chi connectivity index (χ1) is 16.3. The number of aliphatic hydroxyl groups excluding tert-OH is 1. The Labute approximate surface area is 207 Å². The van der Waals surface area contributed by atoms with E-state index in [1.807, 2.05) is 30.3 Å². The first kappa shape index (κ1) is 30.2. The van der Waals surface area contributed by atoms with Crippen LogP contribution in [0.15, 0.2) is 30.3 Å². The van der Waals surface area contributed by atoms with Gasteiger partial charge in [-0.1, -0.05) is 58.0 Å². The van der Waals surface area contributed by atoms with Gasteiger partial charge in [0.25, 0.3) is 0 Å². The molecule has 0 aromatic heterocycles. The number of hydrogen-bond donors (Lipinski definition) is 5. The Morgan fingerprint density at radius 3 is 2.00 bits per heavy atom. The molecule has 1 rings (SSSR count). The van der Waals surface area contributed by atoms with Gasteiger partial charge in [0.05, 0.1) is 12.1 Å². The second-order valence-corrected chi connectivity index (χ2v) is 9.67. The van der Waals surface area contributed by atoms with Gasteiger partial charge in [0, 0.05) is 12.5 Å². The van der Waals surface area contributed by atoms with Gasteiger partial charge < -0.3 is 27.6 Å². The third kappa shape index (κ3) is 9.04. The lowest BCUT2D eigenvalue weighted by Crippen LogP contribution is -2.60. The largest absolute Gasteiger partial charge is 0.391 e. The van der Waals surface area contributed by atoms with Crippen molar-refractivity contribution < 1.29 is 24.3 Å². The molecule has 0 saturated carbocycles. The Balaban J connectivity index is 3.04. The van der Waals surface area contributed by atoms with Gasteiger partial charge in [-0.25, -0.2) is 0 Å². The van der Waals surface area contributed by atoms with E-state index in [4.69, 9.17) is 17.2 Å². The van der Waals surface area contributed by atoms with Crippen LogP contribution in [-0.2, 0) is 25.6 Å². The predicted molar refractivity (Wildman–Crippen MR) is 133 cm³/mol. The Morgan fingerprint density at radius 1 is 0.971 bits per heavy atom. The summed E-state index contributed by atoms with van der Waals surface area (Å²) in [6.45, 7) is 8.21. The summed E-state index contributed by atoms with van der Waals surface area (Å²) in [5.74, 6) is -3.56. The maximum absolute atomic E-state index is 13.2. The highest BCUT2D eigenvalue weighted by molar-refractivity contribution is 6.02. The van der Waals surface area contributed by atoms with Crippen molar-refractivity contribution in [2.75, 3.05) is 0 Å². The maximum Gasteiger partial charge on any atom is 0.246 e. The number of benzene rings is 1. The van der Waals surface area contributed by atoms with Crippen molar-refractivity contribution in [2.45, 2.75) is 84.2 Å². The lowest BCUT2D eigenvalue weighted by Gasteiger charge is -2.34. The summed E-state index contributed by atoms with van der Waals surface area (Å²) in [5, 5.41) is 13.1. The molecule has 196 valence electrons. The molecule has 0 spiro atoms. The van der Waals surface area contributed by atoms with E-state index < -0.39 is 59.8 Å². The first-order valence-electron chi connectivity index (χ1n) is 12.0. The quantitative estimate of drug-likeness (QED) is 0.258. The minimum atomic E-state index is -1.21. The molecule has 0 bridgehead atoms. The summed E-state index contributed by atoms with van der Waals surface area (Å²) in [6, 6.07) is 5.56. The van der Waals surface area contributed by atoms with Crippen molar-refractivity contribution in [1.82, 2.24) is 10.2 Å². The molecular formula is C25H41N5O5. The van der Waals surface area contributed by atoms with Gasteiger partial charge in [0.2, 0.25) is 23.6 Å². The summed E-state index contributed by atoms with van der Waals surface area (Å²) in [7, 11) is 0. The number of rotatable bonds is 13. The molecule has 5 unspecified atom stereocenters. The molecule has 0 fully saturated rings. The van der Waals surface area contributed by atoms with Crippen LogP contribution in [0.5, 0.6) is 0 Å². The van der Waals surface area contributed by atoms with E-state index in [-0.39, 0.29) is 18.8 Å². The smallest absolute Gasteiger partial charge is 0.246 e. The highest BCUT2D eigenvalue weighted by atomic mass is 16.3. The van der Waals surface area contributed by atoms with Gasteiger partial charge in [-0.05, 0) is 37.2 Å². The topological polar surface area (TPSA) is 182 Å². The molecule has 1 aromatic rings. The lowest BCUT2D eigenvalue weighted by molar-refractivity contribution is -0.155. The van der Waals surface area contributed by atoms with Crippen molar-refractivity contribution in [3.63, 3.8) is 0 Å². The normalized spacial score (nSPS) is 15.7. The first-order valence-corrected chi connectivity index (χ1v) is 12.0. The molecule has 0 aliphatic rings. The van der Waals surface area contributed by atoms with E-state index in [2.05, 4.69) is 5.32 Å². The predicted octanol–water partition coefficient (Wildman–Crippen LogP) is 0.0506. The minimum Gasteiger partial charge on any atom is -0.391 e. The fourth-order valence-electron chi connectivity index (χ4n) is 3.79. The van der Waals surface area contributed by atoms with Crippen molar-refractivity contribution in [2.24, 2.45) is 29.0 Å². The van der Waals surface area contributed by atoms with Crippen LogP contribution in [0.4, 0.5) is 0 Å². The number of carbonyl (C=O) groups excluding carboxylic acids is 4. The summed E-state index contributed by atoms with van der Waals surface area (Å²) >= 11 is 0. The van der Waals surface area contributed by atoms with Gasteiger partial charge in [0.1, 0.15) is 12.1 Å². The zero-order chi connectivity index (χ0) is 26.9. The van der Waals surface area contributed by atoms with E-state index >= 15 is 0 Å². The molecule has 0 radical (unpaired) electrons. The zero-order valence-corrected chi connectivity index (χ0v) is 21.3. The average Bonchev–Trinajstić information content (AvgIpc) is 2.78. The molecule has 0 heterocycles. The summed E-state index contributed by atoms with van der Waals surface area (Å²) in [5.41, 5.74) is 18.3. The molecule has 8 N–H and O–H groups in total. The lowest BCUT2D eigenvalue weighted by atomic mass is 9.96. The molecule has 4 amide bonds. The molecule has 35 heavy (non-hydrogen) atoms. The van der Waals surface area contributed by atoms with Crippen LogP contribution < -0.4 is 22.5 Å². The number of amides is 4. The summed E-state index contributed by atoms with van der Waals surface area (Å²) in [6.07, 6.45) is -0.808. The van der Waals surface area contributed by atoms with Gasteiger partial charge in [-0.15, -0.1) is 0 Å². The zero-order valence-electron chi connectivity index (χ0n) is 21.3. The van der Waals surface area contributed by atoms with E-state index in [9.17, 15) is 24.3 Å². The number of nitrogens with zero attached hydrogens (tertiary/aromatic N) is 1.